The molecule has 0 atom stereocenters. The maximum absolute atomic E-state index is 13.2. The maximum Gasteiger partial charge on any atom is 0.265 e. The van der Waals surface area contributed by atoms with E-state index in [1.54, 1.807) is 0 Å². The van der Waals surface area contributed by atoms with Gasteiger partial charge in [-0.05, 0) is 36.4 Å². The Morgan fingerprint density at radius 2 is 1.90 bits per heavy atom. The largest absolute Gasteiger partial charge is 0.399 e. The summed E-state index contributed by atoms with van der Waals surface area (Å²) in [5.41, 5.74) is 6.06. The van der Waals surface area contributed by atoms with E-state index in [0.717, 1.165) is 10.4 Å². The van der Waals surface area contributed by atoms with Crippen molar-refractivity contribution >= 4 is 33.0 Å². The van der Waals surface area contributed by atoms with Crippen LogP contribution in [0.1, 0.15) is 0 Å². The molecule has 4 nitrogen and oxygen atoms in total. The van der Waals surface area contributed by atoms with Gasteiger partial charge >= 0.3 is 0 Å². The van der Waals surface area contributed by atoms with Crippen molar-refractivity contribution in [2.75, 3.05) is 17.1 Å². The summed E-state index contributed by atoms with van der Waals surface area (Å²) in [5, 5.41) is 0.0578. The number of hydrogen-bond donors (Lipinski definition) is 1. The highest BCUT2D eigenvalue weighted by atomic mass is 35.5. The van der Waals surface area contributed by atoms with Crippen LogP contribution in [-0.2, 0) is 10.0 Å². The summed E-state index contributed by atoms with van der Waals surface area (Å²) in [7, 11) is -2.58. The Hall–Kier alpha value is -1.79. The van der Waals surface area contributed by atoms with Crippen molar-refractivity contribution in [3.63, 3.8) is 0 Å². The van der Waals surface area contributed by atoms with Crippen molar-refractivity contribution in [2.45, 2.75) is 4.90 Å². The first-order valence-corrected chi connectivity index (χ1v) is 7.43. The monoisotopic (exact) mass is 314 g/mol. The molecular weight excluding hydrogens is 303 g/mol. The van der Waals surface area contributed by atoms with E-state index in [-0.39, 0.29) is 21.3 Å². The van der Waals surface area contributed by atoms with Gasteiger partial charge in [-0.25, -0.2) is 12.8 Å². The second-order valence-corrected chi connectivity index (χ2v) is 6.49. The number of anilines is 2. The summed E-state index contributed by atoms with van der Waals surface area (Å²) in [6.07, 6.45) is 0. The number of rotatable bonds is 3. The normalized spacial score (nSPS) is 11.3. The molecule has 0 saturated heterocycles. The highest BCUT2D eigenvalue weighted by Crippen LogP contribution is 2.29. The molecule has 0 spiro atoms. The number of nitrogen functional groups attached to an aromatic ring is 1. The Balaban J connectivity index is 2.52. The van der Waals surface area contributed by atoms with Gasteiger partial charge in [0.2, 0.25) is 0 Å². The van der Waals surface area contributed by atoms with Crippen molar-refractivity contribution in [1.82, 2.24) is 0 Å². The van der Waals surface area contributed by atoms with Crippen LogP contribution in [0, 0.1) is 5.82 Å². The fourth-order valence-electron chi connectivity index (χ4n) is 1.68. The van der Waals surface area contributed by atoms with Crippen molar-refractivity contribution < 1.29 is 12.8 Å². The first-order valence-electron chi connectivity index (χ1n) is 5.62. The minimum absolute atomic E-state index is 0.0578. The van der Waals surface area contributed by atoms with Gasteiger partial charge in [-0.15, -0.1) is 0 Å². The van der Waals surface area contributed by atoms with E-state index >= 15 is 0 Å². The van der Waals surface area contributed by atoms with E-state index in [4.69, 9.17) is 17.3 Å². The molecule has 0 radical (unpaired) electrons. The summed E-state index contributed by atoms with van der Waals surface area (Å²) < 4.78 is 39.1. The smallest absolute Gasteiger partial charge is 0.265 e. The van der Waals surface area contributed by atoms with Crippen LogP contribution in [-0.4, -0.2) is 15.5 Å². The second kappa shape index (κ2) is 5.30. The van der Waals surface area contributed by atoms with Gasteiger partial charge in [0.15, 0.2) is 0 Å². The Bertz CT molecular complexity index is 750. The van der Waals surface area contributed by atoms with Crippen molar-refractivity contribution in [1.29, 1.82) is 0 Å². The molecule has 20 heavy (non-hydrogen) atoms. The van der Waals surface area contributed by atoms with E-state index in [1.807, 2.05) is 0 Å². The Morgan fingerprint density at radius 1 is 1.20 bits per heavy atom. The maximum atomic E-state index is 13.2. The third-order valence-corrected chi connectivity index (χ3v) is 5.03. The van der Waals surface area contributed by atoms with Gasteiger partial charge in [0, 0.05) is 12.7 Å². The van der Waals surface area contributed by atoms with Gasteiger partial charge in [0.25, 0.3) is 10.0 Å². The molecule has 7 heteroatoms. The molecule has 0 fully saturated rings. The zero-order chi connectivity index (χ0) is 14.9. The van der Waals surface area contributed by atoms with Crippen LogP contribution in [0.4, 0.5) is 15.8 Å². The Labute approximate surface area is 121 Å². The molecule has 0 amide bonds. The predicted octanol–water partition coefficient (Wildman–Crippen LogP) is 2.89. The van der Waals surface area contributed by atoms with Gasteiger partial charge in [0.1, 0.15) is 10.7 Å². The quantitative estimate of drug-likeness (QED) is 0.886. The SMILES string of the molecule is CN(c1cccc(F)c1)S(=O)(=O)c1cc(N)ccc1Cl. The minimum atomic E-state index is -3.91. The number of nitrogens with zero attached hydrogens (tertiary/aromatic N) is 1. The first-order chi connectivity index (χ1) is 9.32. The van der Waals surface area contributed by atoms with Crippen molar-refractivity contribution in [3.8, 4) is 0 Å². The molecule has 2 aromatic rings. The zero-order valence-corrected chi connectivity index (χ0v) is 12.1. The number of nitrogens with two attached hydrogens (primary N) is 1. The van der Waals surface area contributed by atoms with Gasteiger partial charge in [-0.1, -0.05) is 17.7 Å². The summed E-state index contributed by atoms with van der Waals surface area (Å²) in [6, 6.07) is 9.45. The lowest BCUT2D eigenvalue weighted by Gasteiger charge is -2.20. The van der Waals surface area contributed by atoms with Crippen LogP contribution in [0.3, 0.4) is 0 Å². The standard InChI is InChI=1S/C13H12ClFN2O2S/c1-17(11-4-2-3-9(15)7-11)20(18,19)13-8-10(16)5-6-12(13)14/h2-8H,16H2,1H3. The van der Waals surface area contributed by atoms with E-state index in [2.05, 4.69) is 0 Å². The summed E-state index contributed by atoms with van der Waals surface area (Å²) >= 11 is 5.91. The lowest BCUT2D eigenvalue weighted by atomic mass is 10.3. The topological polar surface area (TPSA) is 63.4 Å². The predicted molar refractivity (Wildman–Crippen MR) is 77.9 cm³/mol. The Kier molecular flexibility index (Phi) is 3.87. The van der Waals surface area contributed by atoms with Crippen LogP contribution in [0.25, 0.3) is 0 Å². The van der Waals surface area contributed by atoms with Crippen molar-refractivity contribution in [3.05, 3.63) is 53.3 Å². The van der Waals surface area contributed by atoms with E-state index < -0.39 is 15.8 Å². The van der Waals surface area contributed by atoms with Gasteiger partial charge in [-0.3, -0.25) is 4.31 Å². The molecule has 2 N–H and O–H groups in total. The third-order valence-electron chi connectivity index (χ3n) is 2.77. The Morgan fingerprint density at radius 3 is 2.55 bits per heavy atom. The molecule has 0 aromatic heterocycles. The molecule has 2 aromatic carbocycles. The van der Waals surface area contributed by atoms with Crippen LogP contribution < -0.4 is 10.0 Å². The first kappa shape index (κ1) is 14.6. The number of hydrogen-bond acceptors (Lipinski definition) is 3. The lowest BCUT2D eigenvalue weighted by Crippen LogP contribution is -2.27. The molecule has 0 saturated carbocycles. The number of sulfonamides is 1. The molecule has 0 heterocycles. The lowest BCUT2D eigenvalue weighted by molar-refractivity contribution is 0.594. The summed E-state index contributed by atoms with van der Waals surface area (Å²) in [4.78, 5) is -0.120. The van der Waals surface area contributed by atoms with Crippen molar-refractivity contribution in [2.24, 2.45) is 0 Å². The van der Waals surface area contributed by atoms with Crippen LogP contribution in [0.2, 0.25) is 5.02 Å². The molecule has 0 aliphatic rings. The average molecular weight is 315 g/mol. The highest BCUT2D eigenvalue weighted by Gasteiger charge is 2.24. The number of benzene rings is 2. The van der Waals surface area contributed by atoms with E-state index in [0.29, 0.717) is 0 Å². The van der Waals surface area contributed by atoms with E-state index in [1.165, 1.54) is 43.4 Å². The average Bonchev–Trinajstić information content (AvgIpc) is 2.40. The number of halogens is 2. The van der Waals surface area contributed by atoms with Crippen LogP contribution >= 0.6 is 11.6 Å². The fourth-order valence-corrected chi connectivity index (χ4v) is 3.37. The molecule has 0 aliphatic heterocycles. The summed E-state index contributed by atoms with van der Waals surface area (Å²) in [6.45, 7) is 0. The second-order valence-electron chi connectivity index (χ2n) is 4.14. The van der Waals surface area contributed by atoms with E-state index in [9.17, 15) is 12.8 Å². The fraction of sp³-hybridized carbons (Fsp3) is 0.0769. The summed E-state index contributed by atoms with van der Waals surface area (Å²) in [5.74, 6) is -0.525. The molecule has 0 bridgehead atoms. The molecule has 106 valence electrons. The highest BCUT2D eigenvalue weighted by molar-refractivity contribution is 7.93. The molecule has 0 unspecified atom stereocenters. The van der Waals surface area contributed by atoms with Gasteiger partial charge in [-0.2, -0.15) is 0 Å². The minimum Gasteiger partial charge on any atom is -0.399 e. The molecular formula is C13H12ClFN2O2S. The third kappa shape index (κ3) is 2.71. The van der Waals surface area contributed by atoms with Gasteiger partial charge < -0.3 is 5.73 Å². The molecule has 0 aliphatic carbocycles. The van der Waals surface area contributed by atoms with Crippen LogP contribution in [0.15, 0.2) is 47.4 Å². The zero-order valence-electron chi connectivity index (χ0n) is 10.5. The van der Waals surface area contributed by atoms with Gasteiger partial charge in [0.05, 0.1) is 10.7 Å². The molecule has 2 rings (SSSR count). The van der Waals surface area contributed by atoms with Crippen LogP contribution in [0.5, 0.6) is 0 Å².